The Bertz CT molecular complexity index is 759. The smallest absolute Gasteiger partial charge is 0.248 e. The first kappa shape index (κ1) is 18.1. The number of ether oxygens (including phenoxy) is 2. The molecule has 132 valence electrons. The van der Waals surface area contributed by atoms with E-state index < -0.39 is 11.9 Å². The molecule has 0 saturated carbocycles. The van der Waals surface area contributed by atoms with Gasteiger partial charge in [0.25, 0.3) is 0 Å². The molecule has 4 N–H and O–H groups in total. The van der Waals surface area contributed by atoms with Gasteiger partial charge in [0, 0.05) is 17.3 Å². The van der Waals surface area contributed by atoms with E-state index >= 15 is 0 Å². The second-order valence-electron chi connectivity index (χ2n) is 5.36. The van der Waals surface area contributed by atoms with Crippen molar-refractivity contribution < 1.29 is 19.1 Å². The molecule has 0 radical (unpaired) electrons. The maximum atomic E-state index is 12.3. The van der Waals surface area contributed by atoms with Gasteiger partial charge in [-0.15, -0.1) is 0 Å². The Kier molecular flexibility index (Phi) is 5.84. The Morgan fingerprint density at radius 3 is 2.28 bits per heavy atom. The molecule has 2 rings (SSSR count). The van der Waals surface area contributed by atoms with E-state index in [2.05, 4.69) is 10.6 Å². The van der Waals surface area contributed by atoms with Gasteiger partial charge in [-0.3, -0.25) is 9.59 Å². The lowest BCUT2D eigenvalue weighted by Gasteiger charge is -2.18. The van der Waals surface area contributed by atoms with Crippen LogP contribution < -0.4 is 25.8 Å². The van der Waals surface area contributed by atoms with Crippen molar-refractivity contribution in [1.82, 2.24) is 0 Å². The maximum Gasteiger partial charge on any atom is 0.248 e. The van der Waals surface area contributed by atoms with Gasteiger partial charge in [-0.05, 0) is 43.3 Å². The summed E-state index contributed by atoms with van der Waals surface area (Å²) in [7, 11) is 3.12. The quantitative estimate of drug-likeness (QED) is 0.715. The molecule has 0 heterocycles. The Morgan fingerprint density at radius 1 is 1.04 bits per heavy atom. The van der Waals surface area contributed by atoms with Crippen molar-refractivity contribution >= 4 is 23.2 Å². The number of nitrogens with two attached hydrogens (primary N) is 1. The molecule has 1 atom stereocenters. The second-order valence-corrected chi connectivity index (χ2v) is 5.36. The van der Waals surface area contributed by atoms with Gasteiger partial charge in [-0.25, -0.2) is 0 Å². The van der Waals surface area contributed by atoms with Crippen LogP contribution in [0.15, 0.2) is 42.5 Å². The Balaban J connectivity index is 2.04. The van der Waals surface area contributed by atoms with Gasteiger partial charge < -0.3 is 25.8 Å². The summed E-state index contributed by atoms with van der Waals surface area (Å²) in [6.45, 7) is 1.73. The number of hydrogen-bond acceptors (Lipinski definition) is 5. The lowest BCUT2D eigenvalue weighted by molar-refractivity contribution is -0.116. The molecule has 0 unspecified atom stereocenters. The van der Waals surface area contributed by atoms with Crippen molar-refractivity contribution in [3.8, 4) is 11.5 Å². The summed E-state index contributed by atoms with van der Waals surface area (Å²) in [6.07, 6.45) is 0. The SMILES string of the molecule is COc1ccc(N[C@H](C)C(=O)Nc2ccc(C(N)=O)cc2)c(OC)c1. The third-order valence-electron chi connectivity index (χ3n) is 3.61. The molecule has 2 aromatic carbocycles. The summed E-state index contributed by atoms with van der Waals surface area (Å²) in [4.78, 5) is 23.4. The molecule has 0 saturated heterocycles. The molecule has 2 aromatic rings. The molecule has 0 spiro atoms. The molecule has 7 heteroatoms. The van der Waals surface area contributed by atoms with Crippen molar-refractivity contribution in [2.75, 3.05) is 24.9 Å². The van der Waals surface area contributed by atoms with Gasteiger partial charge in [-0.2, -0.15) is 0 Å². The van der Waals surface area contributed by atoms with E-state index in [0.29, 0.717) is 28.4 Å². The van der Waals surface area contributed by atoms with Crippen molar-refractivity contribution in [1.29, 1.82) is 0 Å². The molecule has 0 bridgehead atoms. The van der Waals surface area contributed by atoms with E-state index in [-0.39, 0.29) is 5.91 Å². The van der Waals surface area contributed by atoms with Crippen molar-refractivity contribution in [2.24, 2.45) is 5.73 Å². The lowest BCUT2D eigenvalue weighted by Crippen LogP contribution is -2.32. The third kappa shape index (κ3) is 4.63. The van der Waals surface area contributed by atoms with E-state index in [4.69, 9.17) is 15.2 Å². The fourth-order valence-electron chi connectivity index (χ4n) is 2.18. The topological polar surface area (TPSA) is 103 Å². The number of primary amides is 1. The highest BCUT2D eigenvalue weighted by Crippen LogP contribution is 2.29. The number of anilines is 2. The van der Waals surface area contributed by atoms with E-state index in [1.165, 1.54) is 0 Å². The first-order valence-electron chi connectivity index (χ1n) is 7.64. The molecule has 0 aliphatic heterocycles. The van der Waals surface area contributed by atoms with Crippen LogP contribution in [0.4, 0.5) is 11.4 Å². The Morgan fingerprint density at radius 2 is 1.72 bits per heavy atom. The van der Waals surface area contributed by atoms with Crippen LogP contribution in [0.3, 0.4) is 0 Å². The molecule has 25 heavy (non-hydrogen) atoms. The minimum absolute atomic E-state index is 0.232. The van der Waals surface area contributed by atoms with E-state index in [1.54, 1.807) is 63.6 Å². The molecular weight excluding hydrogens is 322 g/mol. The Labute approximate surface area is 146 Å². The van der Waals surface area contributed by atoms with E-state index in [1.807, 2.05) is 0 Å². The normalized spacial score (nSPS) is 11.3. The lowest BCUT2D eigenvalue weighted by atomic mass is 10.2. The summed E-state index contributed by atoms with van der Waals surface area (Å²) in [5.74, 6) is 0.489. The van der Waals surface area contributed by atoms with Crippen LogP contribution in [-0.4, -0.2) is 32.1 Å². The average molecular weight is 343 g/mol. The molecule has 0 fully saturated rings. The molecule has 0 aromatic heterocycles. The number of carbonyl (C=O) groups excluding carboxylic acids is 2. The average Bonchev–Trinajstić information content (AvgIpc) is 2.62. The molecule has 0 aliphatic carbocycles. The van der Waals surface area contributed by atoms with Gasteiger partial charge in [0.05, 0.1) is 19.9 Å². The number of benzene rings is 2. The minimum atomic E-state index is -0.516. The van der Waals surface area contributed by atoms with Gasteiger partial charge in [0.15, 0.2) is 0 Å². The maximum absolute atomic E-state index is 12.3. The van der Waals surface area contributed by atoms with E-state index in [0.717, 1.165) is 0 Å². The highest BCUT2D eigenvalue weighted by atomic mass is 16.5. The zero-order chi connectivity index (χ0) is 18.4. The van der Waals surface area contributed by atoms with Crippen molar-refractivity contribution in [3.63, 3.8) is 0 Å². The number of hydrogen-bond donors (Lipinski definition) is 3. The molecular formula is C18H21N3O4. The summed E-state index contributed by atoms with van der Waals surface area (Å²) in [5.41, 5.74) is 6.82. The number of rotatable bonds is 7. The summed E-state index contributed by atoms with van der Waals surface area (Å²) in [5, 5.41) is 5.86. The van der Waals surface area contributed by atoms with Crippen LogP contribution >= 0.6 is 0 Å². The number of methoxy groups -OCH3 is 2. The fraction of sp³-hybridized carbons (Fsp3) is 0.222. The van der Waals surface area contributed by atoms with Crippen LogP contribution in [0.1, 0.15) is 17.3 Å². The van der Waals surface area contributed by atoms with Gasteiger partial charge in [0.1, 0.15) is 17.5 Å². The first-order valence-corrected chi connectivity index (χ1v) is 7.64. The monoisotopic (exact) mass is 343 g/mol. The molecule has 2 amide bonds. The van der Waals surface area contributed by atoms with Crippen molar-refractivity contribution in [3.05, 3.63) is 48.0 Å². The number of carbonyl (C=O) groups is 2. The summed E-state index contributed by atoms with van der Waals surface area (Å²) < 4.78 is 10.5. The standard InChI is InChI=1S/C18H21N3O4/c1-11(20-15-9-8-14(24-2)10-16(15)25-3)18(23)21-13-6-4-12(5-7-13)17(19)22/h4-11,20H,1-3H3,(H2,19,22)(H,21,23)/t11-/m1/s1. The fourth-order valence-corrected chi connectivity index (χ4v) is 2.18. The van der Waals surface area contributed by atoms with Crippen molar-refractivity contribution in [2.45, 2.75) is 13.0 Å². The van der Waals surface area contributed by atoms with Crippen LogP contribution in [0, 0.1) is 0 Å². The highest BCUT2D eigenvalue weighted by molar-refractivity contribution is 5.97. The van der Waals surface area contributed by atoms with Gasteiger partial charge >= 0.3 is 0 Å². The van der Waals surface area contributed by atoms with Gasteiger partial charge in [-0.1, -0.05) is 0 Å². The third-order valence-corrected chi connectivity index (χ3v) is 3.61. The summed E-state index contributed by atoms with van der Waals surface area (Å²) in [6, 6.07) is 11.1. The van der Waals surface area contributed by atoms with Crippen LogP contribution in [0.2, 0.25) is 0 Å². The van der Waals surface area contributed by atoms with E-state index in [9.17, 15) is 9.59 Å². The first-order chi connectivity index (χ1) is 11.9. The zero-order valence-electron chi connectivity index (χ0n) is 14.3. The minimum Gasteiger partial charge on any atom is -0.497 e. The second kappa shape index (κ2) is 8.05. The largest absolute Gasteiger partial charge is 0.497 e. The number of amides is 2. The van der Waals surface area contributed by atoms with Crippen LogP contribution in [-0.2, 0) is 4.79 Å². The van der Waals surface area contributed by atoms with Gasteiger partial charge in [0.2, 0.25) is 11.8 Å². The Hall–Kier alpha value is -3.22. The predicted molar refractivity (Wildman–Crippen MR) is 96.2 cm³/mol. The zero-order valence-corrected chi connectivity index (χ0v) is 14.3. The van der Waals surface area contributed by atoms with Crippen LogP contribution in [0.25, 0.3) is 0 Å². The summed E-state index contributed by atoms with van der Waals surface area (Å²) >= 11 is 0. The number of nitrogens with one attached hydrogen (secondary N) is 2. The molecule has 0 aliphatic rings. The highest BCUT2D eigenvalue weighted by Gasteiger charge is 2.15. The predicted octanol–water partition coefficient (Wildman–Crippen LogP) is 2.24. The van der Waals surface area contributed by atoms with Crippen LogP contribution in [0.5, 0.6) is 11.5 Å². The molecule has 7 nitrogen and oxygen atoms in total.